The predicted octanol–water partition coefficient (Wildman–Crippen LogP) is 3.02. The van der Waals surface area contributed by atoms with Crippen LogP contribution in [0.1, 0.15) is 32.6 Å². The van der Waals surface area contributed by atoms with Crippen LogP contribution in [-0.2, 0) is 0 Å². The first kappa shape index (κ1) is 14.9. The number of rotatable bonds is 3. The Kier molecular flexibility index (Phi) is 4.65. The molecule has 1 fully saturated rings. The Morgan fingerprint density at radius 2 is 1.95 bits per heavy atom. The van der Waals surface area contributed by atoms with E-state index in [1.165, 1.54) is 0 Å². The number of para-hydroxylation sites is 1. The maximum Gasteiger partial charge on any atom is 0.415 e. The van der Waals surface area contributed by atoms with Crippen molar-refractivity contribution in [2.24, 2.45) is 11.7 Å². The fourth-order valence-electron chi connectivity index (χ4n) is 2.83. The second kappa shape index (κ2) is 6.27. The summed E-state index contributed by atoms with van der Waals surface area (Å²) in [5.74, 6) is 1.29. The van der Waals surface area contributed by atoms with Gasteiger partial charge in [0.15, 0.2) is 0 Å². The second-order valence-corrected chi connectivity index (χ2v) is 5.85. The molecular weight excluding hydrogens is 252 g/mol. The van der Waals surface area contributed by atoms with Gasteiger partial charge >= 0.3 is 6.09 Å². The van der Waals surface area contributed by atoms with Crippen LogP contribution in [0.15, 0.2) is 30.3 Å². The van der Waals surface area contributed by atoms with Gasteiger partial charge in [-0.3, -0.25) is 0 Å². The van der Waals surface area contributed by atoms with Gasteiger partial charge in [-0.25, -0.2) is 4.79 Å². The summed E-state index contributed by atoms with van der Waals surface area (Å²) in [5, 5.41) is 0. The minimum atomic E-state index is -0.323. The molecule has 1 aliphatic rings. The largest absolute Gasteiger partial charge is 0.415 e. The Balaban J connectivity index is 2.04. The van der Waals surface area contributed by atoms with E-state index in [0.717, 1.165) is 25.7 Å². The van der Waals surface area contributed by atoms with Gasteiger partial charge in [-0.1, -0.05) is 25.1 Å². The van der Waals surface area contributed by atoms with E-state index in [0.29, 0.717) is 18.2 Å². The molecule has 0 saturated heterocycles. The zero-order chi connectivity index (χ0) is 14.6. The molecule has 2 N–H and O–H groups in total. The molecule has 0 aliphatic heterocycles. The first-order chi connectivity index (χ1) is 9.57. The third-order valence-corrected chi connectivity index (χ3v) is 4.52. The summed E-state index contributed by atoms with van der Waals surface area (Å²) in [6, 6.07) is 9.16. The van der Waals surface area contributed by atoms with Crippen molar-refractivity contribution >= 4 is 6.09 Å². The number of nitrogens with zero attached hydrogens (tertiary/aromatic N) is 1. The zero-order valence-electron chi connectivity index (χ0n) is 12.3. The molecule has 1 saturated carbocycles. The highest BCUT2D eigenvalue weighted by atomic mass is 16.6. The van der Waals surface area contributed by atoms with Gasteiger partial charge in [0.2, 0.25) is 0 Å². The molecule has 1 amide bonds. The van der Waals surface area contributed by atoms with E-state index in [4.69, 9.17) is 10.5 Å². The third kappa shape index (κ3) is 3.12. The topological polar surface area (TPSA) is 55.6 Å². The second-order valence-electron chi connectivity index (χ2n) is 5.85. The summed E-state index contributed by atoms with van der Waals surface area (Å²) in [4.78, 5) is 14.0. The van der Waals surface area contributed by atoms with Crippen LogP contribution in [0.5, 0.6) is 5.75 Å². The van der Waals surface area contributed by atoms with Crippen LogP contribution in [0.4, 0.5) is 4.79 Å². The van der Waals surface area contributed by atoms with Gasteiger partial charge in [-0.15, -0.1) is 0 Å². The fraction of sp³-hybridized carbons (Fsp3) is 0.562. The average Bonchev–Trinajstić information content (AvgIpc) is 2.49. The lowest BCUT2D eigenvalue weighted by molar-refractivity contribution is 0.0669. The molecule has 4 nitrogen and oxygen atoms in total. The molecule has 0 unspecified atom stereocenters. The van der Waals surface area contributed by atoms with E-state index in [1.54, 1.807) is 24.1 Å². The molecule has 0 atom stereocenters. The SMILES string of the molecule is CC1CCC(CN)(N(C)C(=O)Oc2ccccc2)CC1. The molecule has 20 heavy (non-hydrogen) atoms. The summed E-state index contributed by atoms with van der Waals surface area (Å²) in [7, 11) is 1.80. The van der Waals surface area contributed by atoms with Gasteiger partial charge < -0.3 is 15.4 Å². The molecule has 0 spiro atoms. The van der Waals surface area contributed by atoms with E-state index in [2.05, 4.69) is 6.92 Å². The Morgan fingerprint density at radius 3 is 2.50 bits per heavy atom. The highest BCUT2D eigenvalue weighted by molar-refractivity contribution is 5.71. The minimum Gasteiger partial charge on any atom is -0.410 e. The Labute approximate surface area is 120 Å². The lowest BCUT2D eigenvalue weighted by Gasteiger charge is -2.44. The molecular formula is C16H24N2O2. The third-order valence-electron chi connectivity index (χ3n) is 4.52. The predicted molar refractivity (Wildman–Crippen MR) is 79.6 cm³/mol. The number of amides is 1. The molecule has 2 rings (SSSR count). The number of nitrogens with two attached hydrogens (primary N) is 1. The van der Waals surface area contributed by atoms with Gasteiger partial charge in [-0.05, 0) is 43.7 Å². The highest BCUT2D eigenvalue weighted by Gasteiger charge is 2.39. The maximum atomic E-state index is 12.3. The van der Waals surface area contributed by atoms with Crippen LogP contribution in [0, 0.1) is 5.92 Å². The lowest BCUT2D eigenvalue weighted by atomic mass is 9.76. The summed E-state index contributed by atoms with van der Waals surface area (Å²) in [6.07, 6.45) is 3.80. The standard InChI is InChI=1S/C16H24N2O2/c1-13-8-10-16(12-17,11-9-13)18(2)15(19)20-14-6-4-3-5-7-14/h3-7,13H,8-12,17H2,1-2H3. The summed E-state index contributed by atoms with van der Waals surface area (Å²) in [5.41, 5.74) is 5.71. The Bertz CT molecular complexity index is 439. The number of benzene rings is 1. The average molecular weight is 276 g/mol. The summed E-state index contributed by atoms with van der Waals surface area (Å²) < 4.78 is 5.41. The molecule has 0 bridgehead atoms. The normalized spacial score (nSPS) is 26.1. The first-order valence-corrected chi connectivity index (χ1v) is 7.28. The van der Waals surface area contributed by atoms with Gasteiger partial charge in [0.05, 0.1) is 5.54 Å². The van der Waals surface area contributed by atoms with Crippen LogP contribution in [0.25, 0.3) is 0 Å². The van der Waals surface area contributed by atoms with Crippen molar-refractivity contribution in [2.75, 3.05) is 13.6 Å². The van der Waals surface area contributed by atoms with E-state index in [9.17, 15) is 4.79 Å². The molecule has 0 radical (unpaired) electrons. The van der Waals surface area contributed by atoms with Crippen molar-refractivity contribution in [1.82, 2.24) is 4.90 Å². The molecule has 0 aromatic heterocycles. The summed E-state index contributed by atoms with van der Waals surface area (Å²) in [6.45, 7) is 2.74. The number of carbonyl (C=O) groups excluding carboxylic acids is 1. The van der Waals surface area contributed by atoms with Crippen molar-refractivity contribution < 1.29 is 9.53 Å². The van der Waals surface area contributed by atoms with Crippen LogP contribution in [-0.4, -0.2) is 30.1 Å². The van der Waals surface area contributed by atoms with E-state index < -0.39 is 0 Å². The quantitative estimate of drug-likeness (QED) is 0.923. The highest BCUT2D eigenvalue weighted by Crippen LogP contribution is 2.35. The molecule has 4 heteroatoms. The van der Waals surface area contributed by atoms with Crippen LogP contribution < -0.4 is 10.5 Å². The number of likely N-dealkylation sites (N-methyl/N-ethyl adjacent to an activating group) is 1. The van der Waals surface area contributed by atoms with Crippen molar-refractivity contribution in [3.05, 3.63) is 30.3 Å². The monoisotopic (exact) mass is 276 g/mol. The fourth-order valence-corrected chi connectivity index (χ4v) is 2.83. The molecule has 1 aliphatic carbocycles. The van der Waals surface area contributed by atoms with Gasteiger partial charge in [0, 0.05) is 13.6 Å². The number of carbonyl (C=O) groups is 1. The van der Waals surface area contributed by atoms with Crippen LogP contribution in [0.2, 0.25) is 0 Å². The number of hydrogen-bond acceptors (Lipinski definition) is 3. The smallest absolute Gasteiger partial charge is 0.410 e. The van der Waals surface area contributed by atoms with Crippen molar-refractivity contribution in [3.8, 4) is 5.75 Å². The molecule has 110 valence electrons. The van der Waals surface area contributed by atoms with Gasteiger partial charge in [0.25, 0.3) is 0 Å². The molecule has 1 aromatic carbocycles. The van der Waals surface area contributed by atoms with Crippen molar-refractivity contribution in [3.63, 3.8) is 0 Å². The van der Waals surface area contributed by atoms with Gasteiger partial charge in [-0.2, -0.15) is 0 Å². The molecule has 0 heterocycles. The number of ether oxygens (including phenoxy) is 1. The number of hydrogen-bond donors (Lipinski definition) is 1. The Morgan fingerprint density at radius 1 is 1.35 bits per heavy atom. The zero-order valence-corrected chi connectivity index (χ0v) is 12.3. The van der Waals surface area contributed by atoms with Crippen LogP contribution >= 0.6 is 0 Å². The van der Waals surface area contributed by atoms with E-state index >= 15 is 0 Å². The van der Waals surface area contributed by atoms with Crippen molar-refractivity contribution in [1.29, 1.82) is 0 Å². The van der Waals surface area contributed by atoms with E-state index in [1.807, 2.05) is 18.2 Å². The lowest BCUT2D eigenvalue weighted by Crippen LogP contribution is -2.56. The Hall–Kier alpha value is -1.55. The first-order valence-electron chi connectivity index (χ1n) is 7.28. The van der Waals surface area contributed by atoms with Crippen LogP contribution in [0.3, 0.4) is 0 Å². The summed E-state index contributed by atoms with van der Waals surface area (Å²) >= 11 is 0. The molecule has 1 aromatic rings. The van der Waals surface area contributed by atoms with Gasteiger partial charge in [0.1, 0.15) is 5.75 Å². The van der Waals surface area contributed by atoms with Crippen molar-refractivity contribution in [2.45, 2.75) is 38.1 Å². The van der Waals surface area contributed by atoms with E-state index in [-0.39, 0.29) is 11.6 Å². The maximum absolute atomic E-state index is 12.3. The minimum absolute atomic E-state index is 0.252.